The first-order valence-electron chi connectivity index (χ1n) is 12.9. The molecule has 1 heterocycles. The van der Waals surface area contributed by atoms with Crippen molar-refractivity contribution in [2.45, 2.75) is 13.0 Å². The number of para-hydroxylation sites is 1. The highest BCUT2D eigenvalue weighted by atomic mass is 35.5. The first-order chi connectivity index (χ1) is 18.9. The van der Waals surface area contributed by atoms with E-state index in [1.807, 2.05) is 12.1 Å². The van der Waals surface area contributed by atoms with Gasteiger partial charge in [-0.3, -0.25) is 9.69 Å². The highest BCUT2D eigenvalue weighted by Crippen LogP contribution is 2.30. The molecule has 206 valence electrons. The minimum Gasteiger partial charge on any atom is -0.385 e. The molecule has 0 radical (unpaired) electrons. The molecule has 4 rings (SSSR count). The Hall–Kier alpha value is -3.30. The smallest absolute Gasteiger partial charge is 0.323 e. The number of hydrogen-bond donors (Lipinski definition) is 3. The predicted octanol–water partition coefficient (Wildman–Crippen LogP) is 5.73. The summed E-state index contributed by atoms with van der Waals surface area (Å²) in [5.74, 6) is -0.203. The van der Waals surface area contributed by atoms with Crippen molar-refractivity contribution in [3.63, 3.8) is 0 Å². The number of urea groups is 1. The Balaban J connectivity index is 1.47. The van der Waals surface area contributed by atoms with Gasteiger partial charge >= 0.3 is 6.03 Å². The highest BCUT2D eigenvalue weighted by Gasteiger charge is 2.22. The van der Waals surface area contributed by atoms with Crippen molar-refractivity contribution < 1.29 is 14.3 Å². The fourth-order valence-corrected chi connectivity index (χ4v) is 4.96. The fourth-order valence-electron chi connectivity index (χ4n) is 4.47. The fraction of sp³-hybridized carbons (Fsp3) is 0.310. The molecule has 39 heavy (non-hydrogen) atoms. The summed E-state index contributed by atoms with van der Waals surface area (Å²) in [6.45, 7) is 5.28. The molecule has 3 N–H and O–H groups in total. The standard InChI is InChI=1S/C29H33Cl2N5O3/c1-39-18-6-13-32-28(37)23-19-22(33-29(38)34-27-24(30)9-5-10-25(27)31)11-12-26(23)36-16-14-35(15-17-36)20-21-7-3-2-4-8-21/h2-5,7-12,19H,6,13-18,20H2,1H3,(H,32,37)(H2,33,34,38). The van der Waals surface area contributed by atoms with Gasteiger partial charge in [-0.25, -0.2) is 4.79 Å². The molecule has 0 atom stereocenters. The van der Waals surface area contributed by atoms with Crippen LogP contribution in [0.15, 0.2) is 66.7 Å². The molecule has 1 fully saturated rings. The summed E-state index contributed by atoms with van der Waals surface area (Å²) in [6.07, 6.45) is 0.703. The monoisotopic (exact) mass is 569 g/mol. The van der Waals surface area contributed by atoms with Gasteiger partial charge in [0.15, 0.2) is 0 Å². The van der Waals surface area contributed by atoms with Crippen LogP contribution in [0.1, 0.15) is 22.3 Å². The number of rotatable bonds is 10. The number of nitrogens with one attached hydrogen (secondary N) is 3. The van der Waals surface area contributed by atoms with Gasteiger partial charge in [-0.2, -0.15) is 0 Å². The number of anilines is 3. The lowest BCUT2D eigenvalue weighted by Crippen LogP contribution is -2.46. The number of carbonyl (C=O) groups excluding carboxylic acids is 2. The summed E-state index contributed by atoms with van der Waals surface area (Å²) < 4.78 is 5.09. The van der Waals surface area contributed by atoms with E-state index < -0.39 is 6.03 Å². The molecule has 8 nitrogen and oxygen atoms in total. The lowest BCUT2D eigenvalue weighted by molar-refractivity contribution is 0.0949. The van der Waals surface area contributed by atoms with E-state index in [0.29, 0.717) is 46.6 Å². The lowest BCUT2D eigenvalue weighted by atomic mass is 10.1. The molecular formula is C29H33Cl2N5O3. The van der Waals surface area contributed by atoms with E-state index in [9.17, 15) is 9.59 Å². The number of benzene rings is 3. The summed E-state index contributed by atoms with van der Waals surface area (Å²) >= 11 is 12.4. The Bertz CT molecular complexity index is 1250. The zero-order valence-corrected chi connectivity index (χ0v) is 23.4. The van der Waals surface area contributed by atoms with Gasteiger partial charge in [0, 0.05) is 64.4 Å². The van der Waals surface area contributed by atoms with Crippen molar-refractivity contribution in [1.82, 2.24) is 10.2 Å². The van der Waals surface area contributed by atoms with E-state index >= 15 is 0 Å². The molecule has 0 aromatic heterocycles. The summed E-state index contributed by atoms with van der Waals surface area (Å²) in [4.78, 5) is 30.6. The maximum atomic E-state index is 13.2. The van der Waals surface area contributed by atoms with E-state index in [-0.39, 0.29) is 5.91 Å². The van der Waals surface area contributed by atoms with E-state index in [4.69, 9.17) is 27.9 Å². The number of piperazine rings is 1. The maximum Gasteiger partial charge on any atom is 0.323 e. The Morgan fingerprint density at radius 3 is 2.31 bits per heavy atom. The van der Waals surface area contributed by atoms with Crippen LogP contribution in [0.5, 0.6) is 0 Å². The molecule has 0 aliphatic carbocycles. The summed E-state index contributed by atoms with van der Waals surface area (Å²) in [7, 11) is 1.63. The van der Waals surface area contributed by atoms with Crippen LogP contribution in [0.25, 0.3) is 0 Å². The van der Waals surface area contributed by atoms with Crippen LogP contribution in [0.2, 0.25) is 10.0 Å². The molecule has 1 saturated heterocycles. The number of nitrogens with zero attached hydrogens (tertiary/aromatic N) is 2. The largest absolute Gasteiger partial charge is 0.385 e. The summed E-state index contributed by atoms with van der Waals surface area (Å²) in [5, 5.41) is 9.10. The first kappa shape index (κ1) is 28.7. The minimum atomic E-state index is -0.515. The number of methoxy groups -OCH3 is 1. The number of halogens is 2. The Morgan fingerprint density at radius 1 is 0.897 bits per heavy atom. The Morgan fingerprint density at radius 2 is 1.62 bits per heavy atom. The molecule has 3 aromatic rings. The van der Waals surface area contributed by atoms with Crippen LogP contribution < -0.4 is 20.9 Å². The van der Waals surface area contributed by atoms with Gasteiger partial charge in [-0.05, 0) is 42.3 Å². The van der Waals surface area contributed by atoms with E-state index in [1.165, 1.54) is 5.56 Å². The number of carbonyl (C=O) groups is 2. The highest BCUT2D eigenvalue weighted by molar-refractivity contribution is 6.39. The molecule has 0 unspecified atom stereocenters. The summed E-state index contributed by atoms with van der Waals surface area (Å²) in [6, 6.07) is 20.3. The minimum absolute atomic E-state index is 0.203. The van der Waals surface area contributed by atoms with Gasteiger partial charge in [-0.1, -0.05) is 59.6 Å². The van der Waals surface area contributed by atoms with Crippen LogP contribution in [0.4, 0.5) is 21.9 Å². The van der Waals surface area contributed by atoms with Crippen molar-refractivity contribution in [2.24, 2.45) is 0 Å². The topological polar surface area (TPSA) is 85.9 Å². The average Bonchev–Trinajstić information content (AvgIpc) is 2.94. The number of hydrogen-bond acceptors (Lipinski definition) is 5. The van der Waals surface area contributed by atoms with Crippen LogP contribution in [0, 0.1) is 0 Å². The van der Waals surface area contributed by atoms with Crippen molar-refractivity contribution >= 4 is 52.2 Å². The van der Waals surface area contributed by atoms with E-state index in [2.05, 4.69) is 50.0 Å². The van der Waals surface area contributed by atoms with Crippen molar-refractivity contribution in [2.75, 3.05) is 62.0 Å². The van der Waals surface area contributed by atoms with Crippen LogP contribution in [-0.2, 0) is 11.3 Å². The van der Waals surface area contributed by atoms with Gasteiger partial charge in [-0.15, -0.1) is 0 Å². The third kappa shape index (κ3) is 8.10. The van der Waals surface area contributed by atoms with Gasteiger partial charge < -0.3 is 25.6 Å². The normalized spacial score (nSPS) is 13.7. The van der Waals surface area contributed by atoms with Crippen molar-refractivity contribution in [3.8, 4) is 0 Å². The number of ether oxygens (including phenoxy) is 1. The second-order valence-corrected chi connectivity index (χ2v) is 10.1. The van der Waals surface area contributed by atoms with Crippen LogP contribution in [-0.4, -0.2) is 63.3 Å². The van der Waals surface area contributed by atoms with Gasteiger partial charge in [0.25, 0.3) is 5.91 Å². The van der Waals surface area contributed by atoms with Gasteiger partial charge in [0.1, 0.15) is 0 Å². The first-order valence-corrected chi connectivity index (χ1v) is 13.6. The maximum absolute atomic E-state index is 13.2. The average molecular weight is 571 g/mol. The van der Waals surface area contributed by atoms with E-state index in [1.54, 1.807) is 37.4 Å². The number of amides is 3. The molecule has 0 bridgehead atoms. The molecular weight excluding hydrogens is 537 g/mol. The quantitative estimate of drug-likeness (QED) is 0.272. The zero-order valence-electron chi connectivity index (χ0n) is 21.9. The zero-order chi connectivity index (χ0) is 27.6. The van der Waals surface area contributed by atoms with Gasteiger partial charge in [0.2, 0.25) is 0 Å². The third-order valence-corrected chi connectivity index (χ3v) is 7.10. The van der Waals surface area contributed by atoms with Crippen LogP contribution >= 0.6 is 23.2 Å². The molecule has 0 spiro atoms. The lowest BCUT2D eigenvalue weighted by Gasteiger charge is -2.37. The van der Waals surface area contributed by atoms with Crippen LogP contribution in [0.3, 0.4) is 0 Å². The van der Waals surface area contributed by atoms with Gasteiger partial charge in [0.05, 0.1) is 21.3 Å². The molecule has 1 aliphatic heterocycles. The second kappa shape index (κ2) is 14.2. The van der Waals surface area contributed by atoms with Crippen molar-refractivity contribution in [3.05, 3.63) is 87.9 Å². The van der Waals surface area contributed by atoms with E-state index in [0.717, 1.165) is 38.4 Å². The SMILES string of the molecule is COCCCNC(=O)c1cc(NC(=O)Nc2c(Cl)cccc2Cl)ccc1N1CCN(Cc2ccccc2)CC1. The molecule has 1 aliphatic rings. The predicted molar refractivity (Wildman–Crippen MR) is 158 cm³/mol. The Kier molecular flexibility index (Phi) is 10.4. The Labute approximate surface area is 239 Å². The molecule has 3 aromatic carbocycles. The molecule has 0 saturated carbocycles. The molecule has 3 amide bonds. The third-order valence-electron chi connectivity index (χ3n) is 6.47. The van der Waals surface area contributed by atoms with Crippen molar-refractivity contribution in [1.29, 1.82) is 0 Å². The summed E-state index contributed by atoms with van der Waals surface area (Å²) in [5.41, 5.74) is 3.41. The molecule has 10 heteroatoms. The second-order valence-electron chi connectivity index (χ2n) is 9.26.